The lowest BCUT2D eigenvalue weighted by Gasteiger charge is -2.38. The summed E-state index contributed by atoms with van der Waals surface area (Å²) < 4.78 is 5.60. The predicted octanol–water partition coefficient (Wildman–Crippen LogP) is 1.95. The van der Waals surface area contributed by atoms with Crippen molar-refractivity contribution in [2.45, 2.75) is 39.3 Å². The van der Waals surface area contributed by atoms with Crippen LogP contribution in [0.2, 0.25) is 0 Å². The van der Waals surface area contributed by atoms with Crippen LogP contribution in [0.5, 0.6) is 0 Å². The molecule has 132 valence electrons. The molecule has 2 amide bonds. The van der Waals surface area contributed by atoms with Crippen LogP contribution in [0.15, 0.2) is 24.3 Å². The van der Waals surface area contributed by atoms with Crippen molar-refractivity contribution in [1.82, 2.24) is 4.90 Å². The first-order valence-corrected chi connectivity index (χ1v) is 8.09. The fourth-order valence-corrected chi connectivity index (χ4v) is 2.74. The molecule has 6 nitrogen and oxygen atoms in total. The van der Waals surface area contributed by atoms with E-state index in [1.165, 1.54) is 4.90 Å². The first-order chi connectivity index (χ1) is 11.2. The molecular weight excluding hydrogens is 308 g/mol. The molecule has 0 radical (unpaired) electrons. The Morgan fingerprint density at radius 1 is 1.33 bits per heavy atom. The number of ether oxygens (including phenoxy) is 1. The number of hydrogen-bond acceptors (Lipinski definition) is 4. The topological polar surface area (TPSA) is 78.9 Å². The van der Waals surface area contributed by atoms with Crippen LogP contribution >= 0.6 is 0 Å². The monoisotopic (exact) mass is 334 g/mol. The Balaban J connectivity index is 2.06. The number of morpholine rings is 1. The maximum Gasteiger partial charge on any atom is 0.248 e. The second-order valence-corrected chi connectivity index (χ2v) is 7.39. The second-order valence-electron chi connectivity index (χ2n) is 7.39. The lowest BCUT2D eigenvalue weighted by molar-refractivity contribution is -0.157. The van der Waals surface area contributed by atoms with Gasteiger partial charge in [0, 0.05) is 19.2 Å². The maximum atomic E-state index is 12.0. The number of aliphatic hydroxyl groups is 1. The minimum Gasteiger partial charge on any atom is -0.394 e. The minimum atomic E-state index is -0.410. The Hall–Kier alpha value is -1.92. The van der Waals surface area contributed by atoms with Crippen molar-refractivity contribution in [1.29, 1.82) is 0 Å². The lowest BCUT2D eigenvalue weighted by Crippen LogP contribution is -2.50. The van der Waals surface area contributed by atoms with Crippen LogP contribution < -0.4 is 5.32 Å². The van der Waals surface area contributed by atoms with Crippen molar-refractivity contribution in [3.63, 3.8) is 0 Å². The van der Waals surface area contributed by atoms with Crippen molar-refractivity contribution >= 4 is 17.5 Å². The molecule has 0 saturated carbocycles. The molecule has 1 aliphatic heterocycles. The number of carbonyl (C=O) groups excluding carboxylic acids is 2. The Kier molecular flexibility index (Phi) is 5.62. The van der Waals surface area contributed by atoms with Gasteiger partial charge in [0.15, 0.2) is 0 Å². The van der Waals surface area contributed by atoms with Crippen LogP contribution in [-0.2, 0) is 14.3 Å². The molecule has 1 aliphatic rings. The molecule has 2 unspecified atom stereocenters. The molecule has 2 rings (SSSR count). The smallest absolute Gasteiger partial charge is 0.248 e. The molecule has 0 bridgehead atoms. The molecular formula is C18H26N2O4. The molecule has 6 heteroatoms. The molecule has 1 heterocycles. The van der Waals surface area contributed by atoms with Crippen molar-refractivity contribution in [2.75, 3.05) is 25.6 Å². The molecule has 0 aliphatic carbocycles. The number of nitrogens with zero attached hydrogens (tertiary/aromatic N) is 1. The average Bonchev–Trinajstić information content (AvgIpc) is 2.49. The van der Waals surface area contributed by atoms with Crippen LogP contribution in [0.3, 0.4) is 0 Å². The highest BCUT2D eigenvalue weighted by atomic mass is 16.5. The normalized spacial score (nSPS) is 21.7. The van der Waals surface area contributed by atoms with Gasteiger partial charge in [-0.2, -0.15) is 0 Å². The van der Waals surface area contributed by atoms with Gasteiger partial charge in [-0.05, 0) is 23.1 Å². The predicted molar refractivity (Wildman–Crippen MR) is 91.5 cm³/mol. The number of likely N-dealkylation sites (N-methyl/N-ethyl adjacent to an activating group) is 1. The Morgan fingerprint density at radius 3 is 2.50 bits per heavy atom. The van der Waals surface area contributed by atoms with E-state index in [-0.39, 0.29) is 36.5 Å². The molecule has 0 aromatic heterocycles. The zero-order valence-corrected chi connectivity index (χ0v) is 14.7. The van der Waals surface area contributed by atoms with E-state index in [0.29, 0.717) is 12.1 Å². The molecule has 1 fully saturated rings. The lowest BCUT2D eigenvalue weighted by atomic mass is 9.92. The third-order valence-electron chi connectivity index (χ3n) is 4.03. The summed E-state index contributed by atoms with van der Waals surface area (Å²) in [7, 11) is 1.67. The molecule has 2 atom stereocenters. The first kappa shape index (κ1) is 18.4. The number of anilines is 1. The highest BCUT2D eigenvalue weighted by Crippen LogP contribution is 2.29. The number of amides is 2. The van der Waals surface area contributed by atoms with E-state index >= 15 is 0 Å². The van der Waals surface area contributed by atoms with Gasteiger partial charge in [0.25, 0.3) is 0 Å². The van der Waals surface area contributed by atoms with E-state index in [4.69, 9.17) is 4.74 Å². The van der Waals surface area contributed by atoms with E-state index in [1.807, 2.05) is 45.0 Å². The summed E-state index contributed by atoms with van der Waals surface area (Å²) in [5, 5.41) is 12.4. The van der Waals surface area contributed by atoms with Crippen LogP contribution in [0.4, 0.5) is 5.69 Å². The summed E-state index contributed by atoms with van der Waals surface area (Å²) in [6.07, 6.45) is 0.0667. The summed E-state index contributed by atoms with van der Waals surface area (Å²) in [6.45, 7) is 5.88. The zero-order chi connectivity index (χ0) is 17.9. The number of aliphatic hydroxyl groups excluding tert-OH is 1. The molecule has 1 aromatic rings. The average molecular weight is 334 g/mol. The van der Waals surface area contributed by atoms with E-state index in [1.54, 1.807) is 7.05 Å². The van der Waals surface area contributed by atoms with Gasteiger partial charge in [0.2, 0.25) is 11.8 Å². The van der Waals surface area contributed by atoms with Gasteiger partial charge in [-0.15, -0.1) is 0 Å². The fourth-order valence-electron chi connectivity index (χ4n) is 2.74. The number of hydrogen-bond donors (Lipinski definition) is 2. The molecule has 0 spiro atoms. The Labute approximate surface area is 142 Å². The SMILES string of the molecule is CN1C(=O)COC(c2ccc(NC(=O)CC(C)(C)C)cc2)C1CO. The standard InChI is InChI=1S/C18H26N2O4/c1-18(2,3)9-15(22)19-13-7-5-12(6-8-13)17-14(10-21)20(4)16(23)11-24-17/h5-8,14,17,21H,9-11H2,1-4H3,(H,19,22). The largest absolute Gasteiger partial charge is 0.394 e. The summed E-state index contributed by atoms with van der Waals surface area (Å²) in [5.41, 5.74) is 1.52. The van der Waals surface area contributed by atoms with E-state index in [0.717, 1.165) is 5.56 Å². The summed E-state index contributed by atoms with van der Waals surface area (Å²) >= 11 is 0. The van der Waals surface area contributed by atoms with Gasteiger partial charge in [-0.3, -0.25) is 9.59 Å². The first-order valence-electron chi connectivity index (χ1n) is 8.09. The van der Waals surface area contributed by atoms with Crippen LogP contribution in [0, 0.1) is 5.41 Å². The summed E-state index contributed by atoms with van der Waals surface area (Å²) in [4.78, 5) is 25.2. The third kappa shape index (κ3) is 4.55. The number of rotatable bonds is 4. The second kappa shape index (κ2) is 7.32. The van der Waals surface area contributed by atoms with Gasteiger partial charge in [0.05, 0.1) is 12.6 Å². The fraction of sp³-hybridized carbons (Fsp3) is 0.556. The Morgan fingerprint density at radius 2 is 1.96 bits per heavy atom. The van der Waals surface area contributed by atoms with Gasteiger partial charge in [-0.25, -0.2) is 0 Å². The quantitative estimate of drug-likeness (QED) is 0.882. The van der Waals surface area contributed by atoms with E-state index < -0.39 is 6.04 Å². The number of benzene rings is 1. The summed E-state index contributed by atoms with van der Waals surface area (Å²) in [6, 6.07) is 6.91. The molecule has 1 aromatic carbocycles. The number of carbonyl (C=O) groups is 2. The van der Waals surface area contributed by atoms with Crippen LogP contribution in [-0.4, -0.2) is 48.1 Å². The highest BCUT2D eigenvalue weighted by Gasteiger charge is 2.34. The molecule has 2 N–H and O–H groups in total. The number of nitrogens with one attached hydrogen (secondary N) is 1. The minimum absolute atomic E-state index is 0.00172. The van der Waals surface area contributed by atoms with Crippen molar-refractivity contribution in [2.24, 2.45) is 5.41 Å². The highest BCUT2D eigenvalue weighted by molar-refractivity contribution is 5.91. The van der Waals surface area contributed by atoms with Gasteiger partial charge in [0.1, 0.15) is 12.7 Å². The van der Waals surface area contributed by atoms with Crippen molar-refractivity contribution < 1.29 is 19.4 Å². The van der Waals surface area contributed by atoms with Crippen LogP contribution in [0.25, 0.3) is 0 Å². The Bertz CT molecular complexity index is 592. The van der Waals surface area contributed by atoms with Gasteiger partial charge < -0.3 is 20.1 Å². The van der Waals surface area contributed by atoms with E-state index in [9.17, 15) is 14.7 Å². The van der Waals surface area contributed by atoms with Gasteiger partial charge >= 0.3 is 0 Å². The van der Waals surface area contributed by atoms with E-state index in [2.05, 4.69) is 5.32 Å². The molecule has 1 saturated heterocycles. The zero-order valence-electron chi connectivity index (χ0n) is 14.7. The molecule has 24 heavy (non-hydrogen) atoms. The van der Waals surface area contributed by atoms with Crippen molar-refractivity contribution in [3.05, 3.63) is 29.8 Å². The van der Waals surface area contributed by atoms with Crippen LogP contribution in [0.1, 0.15) is 38.9 Å². The summed E-state index contributed by atoms with van der Waals surface area (Å²) in [5.74, 6) is -0.168. The third-order valence-corrected chi connectivity index (χ3v) is 4.03. The van der Waals surface area contributed by atoms with Crippen molar-refractivity contribution in [3.8, 4) is 0 Å². The maximum absolute atomic E-state index is 12.0. The van der Waals surface area contributed by atoms with Gasteiger partial charge in [-0.1, -0.05) is 32.9 Å².